The average Bonchev–Trinajstić information content (AvgIpc) is 2.97. The van der Waals surface area contributed by atoms with Crippen LogP contribution >= 0.6 is 27.5 Å². The van der Waals surface area contributed by atoms with Crippen LogP contribution in [0.1, 0.15) is 16.8 Å². The molecule has 0 spiro atoms. The molecule has 4 nitrogen and oxygen atoms in total. The minimum atomic E-state index is 0.628. The molecule has 0 unspecified atom stereocenters. The van der Waals surface area contributed by atoms with Crippen molar-refractivity contribution < 1.29 is 4.74 Å². The van der Waals surface area contributed by atoms with E-state index in [0.717, 1.165) is 35.1 Å². The maximum Gasteiger partial charge on any atom is 0.127 e. The van der Waals surface area contributed by atoms with Gasteiger partial charge in [0.1, 0.15) is 5.75 Å². The van der Waals surface area contributed by atoms with E-state index >= 15 is 0 Å². The maximum absolute atomic E-state index is 6.12. The summed E-state index contributed by atoms with van der Waals surface area (Å²) >= 11 is 9.47. The first-order valence-corrected chi connectivity index (χ1v) is 7.15. The average molecular weight is 329 g/mol. The molecule has 0 radical (unpaired) electrons. The lowest BCUT2D eigenvalue weighted by Crippen LogP contribution is -2.02. The fourth-order valence-corrected chi connectivity index (χ4v) is 2.64. The number of alkyl halides is 1. The highest BCUT2D eigenvalue weighted by molar-refractivity contribution is 9.08. The van der Waals surface area contributed by atoms with Gasteiger partial charge in [0.25, 0.3) is 0 Å². The normalized spacial score (nSPS) is 13.4. The molecule has 1 aliphatic rings. The number of hydrogen-bond acceptors (Lipinski definition) is 3. The quantitative estimate of drug-likeness (QED) is 0.814. The smallest absolute Gasteiger partial charge is 0.127 e. The summed E-state index contributed by atoms with van der Waals surface area (Å²) in [5.74, 6) is 0.954. The number of hydrogen-bond donors (Lipinski definition) is 0. The second kappa shape index (κ2) is 4.90. The Morgan fingerprint density at radius 3 is 3.11 bits per heavy atom. The van der Waals surface area contributed by atoms with Crippen LogP contribution < -0.4 is 4.74 Å². The van der Waals surface area contributed by atoms with Gasteiger partial charge in [-0.1, -0.05) is 32.7 Å². The Kier molecular flexibility index (Phi) is 3.26. The number of halogens is 2. The number of fused-ring (bicyclic) bond motifs is 1. The van der Waals surface area contributed by atoms with Crippen molar-refractivity contribution in [1.82, 2.24) is 15.0 Å². The third-order valence-corrected chi connectivity index (χ3v) is 3.67. The number of nitrogens with zero attached hydrogens (tertiary/aromatic N) is 3. The topological polar surface area (TPSA) is 39.9 Å². The molecule has 0 N–H and O–H groups in total. The third-order valence-electron chi connectivity index (χ3n) is 2.88. The van der Waals surface area contributed by atoms with Crippen LogP contribution in [0.4, 0.5) is 0 Å². The van der Waals surface area contributed by atoms with E-state index in [0.29, 0.717) is 11.9 Å². The van der Waals surface area contributed by atoms with E-state index in [2.05, 4.69) is 26.2 Å². The molecular formula is C12H11BrClN3O. The van der Waals surface area contributed by atoms with Crippen LogP contribution in [0.15, 0.2) is 18.3 Å². The second-order valence-electron chi connectivity index (χ2n) is 4.19. The zero-order valence-electron chi connectivity index (χ0n) is 9.57. The maximum atomic E-state index is 6.12. The summed E-state index contributed by atoms with van der Waals surface area (Å²) in [5.41, 5.74) is 3.15. The Labute approximate surface area is 118 Å². The lowest BCUT2D eigenvalue weighted by Gasteiger charge is -2.08. The van der Waals surface area contributed by atoms with Gasteiger partial charge in [-0.2, -0.15) is 0 Å². The number of aromatic nitrogens is 3. The molecule has 2 heterocycles. The Morgan fingerprint density at radius 1 is 1.44 bits per heavy atom. The van der Waals surface area contributed by atoms with Gasteiger partial charge in [0.2, 0.25) is 0 Å². The molecule has 0 saturated heterocycles. The molecule has 2 aromatic rings. The molecule has 0 saturated carbocycles. The van der Waals surface area contributed by atoms with E-state index in [-0.39, 0.29) is 0 Å². The first kappa shape index (κ1) is 12.0. The van der Waals surface area contributed by atoms with Crippen LogP contribution in [0.25, 0.3) is 0 Å². The summed E-state index contributed by atoms with van der Waals surface area (Å²) in [5, 5.41) is 9.57. The Morgan fingerprint density at radius 2 is 2.33 bits per heavy atom. The number of benzene rings is 1. The molecule has 0 atom stereocenters. The summed E-state index contributed by atoms with van der Waals surface area (Å²) in [6.45, 7) is 1.36. The summed E-state index contributed by atoms with van der Waals surface area (Å²) < 4.78 is 7.46. The minimum Gasteiger partial charge on any atom is -0.493 e. The van der Waals surface area contributed by atoms with Crippen molar-refractivity contribution in [2.75, 3.05) is 6.61 Å². The largest absolute Gasteiger partial charge is 0.493 e. The van der Waals surface area contributed by atoms with E-state index in [4.69, 9.17) is 16.3 Å². The lowest BCUT2D eigenvalue weighted by atomic mass is 10.1. The van der Waals surface area contributed by atoms with Gasteiger partial charge in [-0.25, -0.2) is 4.68 Å². The highest BCUT2D eigenvalue weighted by Gasteiger charge is 2.18. The van der Waals surface area contributed by atoms with Gasteiger partial charge in [-0.05, 0) is 17.7 Å². The third kappa shape index (κ3) is 2.24. The zero-order valence-corrected chi connectivity index (χ0v) is 11.9. The molecule has 1 aliphatic heterocycles. The molecule has 1 aromatic carbocycles. The van der Waals surface area contributed by atoms with Crippen molar-refractivity contribution in [3.8, 4) is 5.75 Å². The lowest BCUT2D eigenvalue weighted by molar-refractivity contribution is 0.352. The molecule has 0 amide bonds. The molecular weight excluding hydrogens is 318 g/mol. The van der Waals surface area contributed by atoms with Crippen molar-refractivity contribution in [1.29, 1.82) is 0 Å². The van der Waals surface area contributed by atoms with Crippen molar-refractivity contribution in [3.05, 3.63) is 40.2 Å². The molecule has 18 heavy (non-hydrogen) atoms. The fraction of sp³-hybridized carbons (Fsp3) is 0.333. The van der Waals surface area contributed by atoms with Gasteiger partial charge >= 0.3 is 0 Å². The van der Waals surface area contributed by atoms with Gasteiger partial charge in [0.15, 0.2) is 0 Å². The number of rotatable bonds is 3. The van der Waals surface area contributed by atoms with Gasteiger partial charge in [0.05, 0.1) is 18.8 Å². The van der Waals surface area contributed by atoms with Gasteiger partial charge in [0, 0.05) is 28.5 Å². The zero-order chi connectivity index (χ0) is 12.5. The van der Waals surface area contributed by atoms with Crippen LogP contribution in [0, 0.1) is 0 Å². The summed E-state index contributed by atoms with van der Waals surface area (Å²) in [7, 11) is 0. The predicted molar refractivity (Wildman–Crippen MR) is 72.4 cm³/mol. The summed E-state index contributed by atoms with van der Waals surface area (Å²) in [6, 6.07) is 3.90. The van der Waals surface area contributed by atoms with Crippen molar-refractivity contribution in [2.45, 2.75) is 18.3 Å². The molecule has 1 aromatic heterocycles. The molecule has 0 fully saturated rings. The van der Waals surface area contributed by atoms with Crippen LogP contribution in [0.3, 0.4) is 0 Å². The van der Waals surface area contributed by atoms with Gasteiger partial charge in [-0.15, -0.1) is 5.10 Å². The van der Waals surface area contributed by atoms with E-state index in [1.165, 1.54) is 5.56 Å². The first-order chi connectivity index (χ1) is 8.76. The molecule has 3 rings (SSSR count). The van der Waals surface area contributed by atoms with Gasteiger partial charge < -0.3 is 4.74 Å². The van der Waals surface area contributed by atoms with Crippen molar-refractivity contribution >= 4 is 27.5 Å². The van der Waals surface area contributed by atoms with Crippen LogP contribution in [-0.2, 0) is 18.3 Å². The fourth-order valence-electron chi connectivity index (χ4n) is 2.12. The first-order valence-electron chi connectivity index (χ1n) is 5.65. The van der Waals surface area contributed by atoms with E-state index in [1.54, 1.807) is 4.68 Å². The summed E-state index contributed by atoms with van der Waals surface area (Å²) in [6.07, 6.45) is 2.84. The van der Waals surface area contributed by atoms with Crippen LogP contribution in [0.5, 0.6) is 5.75 Å². The highest BCUT2D eigenvalue weighted by atomic mass is 79.9. The summed E-state index contributed by atoms with van der Waals surface area (Å²) in [4.78, 5) is 0. The minimum absolute atomic E-state index is 0.628. The van der Waals surface area contributed by atoms with E-state index in [1.807, 2.05) is 18.3 Å². The standard InChI is InChI=1S/C12H11BrClN3O/c13-5-11-7-17(16-15-11)6-9-4-10(14)3-8-1-2-18-12(8)9/h3-4,7H,1-2,5-6H2. The molecule has 94 valence electrons. The predicted octanol–water partition coefficient (Wildman–Crippen LogP) is 2.81. The molecule has 0 bridgehead atoms. The SMILES string of the molecule is Clc1cc2c(c(Cn3cc(CBr)nn3)c1)OCC2. The van der Waals surface area contributed by atoms with E-state index < -0.39 is 0 Å². The Bertz CT molecular complexity index is 585. The highest BCUT2D eigenvalue weighted by Crippen LogP contribution is 2.33. The van der Waals surface area contributed by atoms with Crippen LogP contribution in [0.2, 0.25) is 5.02 Å². The second-order valence-corrected chi connectivity index (χ2v) is 5.19. The van der Waals surface area contributed by atoms with Crippen molar-refractivity contribution in [3.63, 3.8) is 0 Å². The van der Waals surface area contributed by atoms with Crippen LogP contribution in [-0.4, -0.2) is 21.6 Å². The number of ether oxygens (including phenoxy) is 1. The molecule has 6 heteroatoms. The Balaban J connectivity index is 1.92. The van der Waals surface area contributed by atoms with Crippen molar-refractivity contribution in [2.24, 2.45) is 0 Å². The van der Waals surface area contributed by atoms with E-state index in [9.17, 15) is 0 Å². The Hall–Kier alpha value is -1.07. The van der Waals surface area contributed by atoms with Gasteiger partial charge in [-0.3, -0.25) is 0 Å². The molecule has 0 aliphatic carbocycles. The monoisotopic (exact) mass is 327 g/mol.